The van der Waals surface area contributed by atoms with Gasteiger partial charge in [-0.15, -0.1) is 0 Å². The Morgan fingerprint density at radius 1 is 1.11 bits per heavy atom. The zero-order chi connectivity index (χ0) is 31.6. The number of hydrogen-bond donors (Lipinski definition) is 1. The number of benzene rings is 1. The Kier molecular flexibility index (Phi) is 7.56. The maximum absolute atomic E-state index is 17.0. The minimum absolute atomic E-state index is 0.0118. The summed E-state index contributed by atoms with van der Waals surface area (Å²) in [6, 6.07) is 1.77. The van der Waals surface area contributed by atoms with Crippen molar-refractivity contribution in [3.63, 3.8) is 0 Å². The van der Waals surface area contributed by atoms with E-state index in [1.807, 2.05) is 4.90 Å². The number of H-pyrrole nitrogens is 1. The van der Waals surface area contributed by atoms with Gasteiger partial charge in [0.1, 0.15) is 29.8 Å². The van der Waals surface area contributed by atoms with Gasteiger partial charge in [0.05, 0.1) is 34.1 Å². The van der Waals surface area contributed by atoms with Crippen molar-refractivity contribution < 1.29 is 21.9 Å². The molecule has 8 heterocycles. The summed E-state index contributed by atoms with van der Waals surface area (Å²) in [6.07, 6.45) is 7.50. The Morgan fingerprint density at radius 2 is 2.00 bits per heavy atom. The maximum atomic E-state index is 17.0. The number of aromatic nitrogens is 5. The van der Waals surface area contributed by atoms with Gasteiger partial charge in [-0.2, -0.15) is 15.1 Å². The molecule has 3 saturated heterocycles. The number of anilines is 1. The van der Waals surface area contributed by atoms with Crippen molar-refractivity contribution in [3.8, 4) is 17.3 Å². The number of alkyl halides is 1. The number of nitrogens with one attached hydrogen (secondary N) is 1. The molecule has 1 N–H and O–H groups in total. The molecule has 46 heavy (non-hydrogen) atoms. The predicted molar refractivity (Wildman–Crippen MR) is 172 cm³/mol. The summed E-state index contributed by atoms with van der Waals surface area (Å²) in [7, 11) is -3.30. The summed E-state index contributed by atoms with van der Waals surface area (Å²) in [5.74, 6) is -0.0804. The third-order valence-corrected chi connectivity index (χ3v) is 12.6. The number of ether oxygens (including phenoxy) is 1. The van der Waals surface area contributed by atoms with E-state index in [4.69, 9.17) is 21.3 Å². The first-order chi connectivity index (χ1) is 22.2. The van der Waals surface area contributed by atoms with E-state index in [-0.39, 0.29) is 41.3 Å². The Balaban J connectivity index is 1.30. The van der Waals surface area contributed by atoms with Crippen LogP contribution in [0.3, 0.4) is 0 Å². The molecular formula is C32H36ClF2N7O3S. The third-order valence-electron chi connectivity index (χ3n) is 10.4. The minimum Gasteiger partial charge on any atom is -0.461 e. The highest BCUT2D eigenvalue weighted by atomic mass is 35.5. The van der Waals surface area contributed by atoms with Crippen molar-refractivity contribution in [2.75, 3.05) is 49.2 Å². The first-order valence-corrected chi connectivity index (χ1v) is 18.4. The molecular weight excluding hydrogens is 636 g/mol. The Labute approximate surface area is 270 Å². The predicted octanol–water partition coefficient (Wildman–Crippen LogP) is 5.28. The first-order valence-electron chi connectivity index (χ1n) is 16.2. The van der Waals surface area contributed by atoms with Crippen LogP contribution in [0.1, 0.15) is 50.5 Å². The number of halogens is 3. The largest absolute Gasteiger partial charge is 0.461 e. The van der Waals surface area contributed by atoms with Gasteiger partial charge in [-0.1, -0.05) is 11.6 Å². The van der Waals surface area contributed by atoms with Crippen LogP contribution in [0.5, 0.6) is 6.01 Å². The molecule has 14 heteroatoms. The van der Waals surface area contributed by atoms with Gasteiger partial charge in [-0.25, -0.2) is 17.2 Å². The van der Waals surface area contributed by atoms with E-state index in [0.717, 1.165) is 32.2 Å². The molecule has 0 spiro atoms. The molecule has 3 fully saturated rings. The molecule has 5 aliphatic heterocycles. The highest BCUT2D eigenvalue weighted by molar-refractivity contribution is 7.91. The van der Waals surface area contributed by atoms with Gasteiger partial charge in [-0.05, 0) is 69.0 Å². The van der Waals surface area contributed by atoms with Crippen LogP contribution in [0.2, 0.25) is 5.02 Å². The van der Waals surface area contributed by atoms with Crippen molar-refractivity contribution >= 4 is 49.1 Å². The average molecular weight is 672 g/mol. The van der Waals surface area contributed by atoms with E-state index in [1.165, 1.54) is 0 Å². The summed E-state index contributed by atoms with van der Waals surface area (Å²) < 4.78 is 64.2. The van der Waals surface area contributed by atoms with Crippen LogP contribution in [0.15, 0.2) is 18.5 Å². The van der Waals surface area contributed by atoms with Crippen LogP contribution in [0.4, 0.5) is 14.6 Å². The summed E-state index contributed by atoms with van der Waals surface area (Å²) in [4.78, 5) is 18.3. The van der Waals surface area contributed by atoms with Gasteiger partial charge in [0.15, 0.2) is 15.7 Å². The van der Waals surface area contributed by atoms with Crippen LogP contribution in [-0.2, 0) is 16.3 Å². The van der Waals surface area contributed by atoms with Crippen LogP contribution in [0, 0.1) is 11.7 Å². The van der Waals surface area contributed by atoms with Crippen molar-refractivity contribution in [2.45, 2.75) is 63.1 Å². The second kappa shape index (κ2) is 11.5. The third kappa shape index (κ3) is 5.28. The van der Waals surface area contributed by atoms with Gasteiger partial charge in [0.2, 0.25) is 0 Å². The van der Waals surface area contributed by atoms with Crippen molar-refractivity contribution in [1.82, 2.24) is 30.0 Å². The quantitative estimate of drug-likeness (QED) is 0.310. The lowest BCUT2D eigenvalue weighted by molar-refractivity contribution is 0.107. The average Bonchev–Trinajstić information content (AvgIpc) is 3.72. The summed E-state index contributed by atoms with van der Waals surface area (Å²) in [6.45, 7) is 2.50. The van der Waals surface area contributed by atoms with Crippen molar-refractivity contribution in [1.29, 1.82) is 0 Å². The summed E-state index contributed by atoms with van der Waals surface area (Å²) in [5.41, 5.74) is 1.54. The number of hydrogen-bond acceptors (Lipinski definition) is 9. The summed E-state index contributed by atoms with van der Waals surface area (Å²) in [5, 5.41) is 8.61. The van der Waals surface area contributed by atoms with Gasteiger partial charge in [0.25, 0.3) is 0 Å². The fourth-order valence-corrected chi connectivity index (χ4v) is 10.3. The van der Waals surface area contributed by atoms with Crippen LogP contribution in [-0.4, -0.2) is 94.5 Å². The van der Waals surface area contributed by atoms with E-state index in [2.05, 4.69) is 25.1 Å². The molecule has 0 aliphatic carbocycles. The van der Waals surface area contributed by atoms with E-state index >= 15 is 4.39 Å². The summed E-state index contributed by atoms with van der Waals surface area (Å²) >= 11 is 6.79. The Morgan fingerprint density at radius 3 is 2.89 bits per heavy atom. The number of sulfone groups is 1. The fraction of sp³-hybridized carbons (Fsp3) is 0.562. The van der Waals surface area contributed by atoms with Gasteiger partial charge in [-0.3, -0.25) is 15.0 Å². The molecule has 0 saturated carbocycles. The van der Waals surface area contributed by atoms with Crippen molar-refractivity contribution in [3.05, 3.63) is 34.9 Å². The molecule has 3 aromatic heterocycles. The van der Waals surface area contributed by atoms with Crippen LogP contribution < -0.4 is 9.64 Å². The molecule has 1 aromatic carbocycles. The standard InChI is InChI=1S/C32H36ClF2N7O3S/c33-24-11-25-22(14-37-40-25)26-21(24)6-1-2-10-46(43,44)17-19-5-3-8-41(15-19)30-23-13-36-29(26)27(35)28(23)38-31(39-30)45-18-32-7-4-9-42(32)16-20(34)12-32/h11,13-14,19-20H,1-10,12,15-18H2,(H,37,40)/t19-,20-,32+/m1/s1. The molecule has 3 atom stereocenters. The normalized spacial score (nSPS) is 26.6. The number of fused-ring (bicyclic) bond motifs is 8. The Hall–Kier alpha value is -3.16. The number of pyridine rings is 1. The van der Waals surface area contributed by atoms with Crippen LogP contribution in [0.25, 0.3) is 33.1 Å². The zero-order valence-corrected chi connectivity index (χ0v) is 27.0. The topological polar surface area (TPSA) is 117 Å². The zero-order valence-electron chi connectivity index (χ0n) is 25.4. The van der Waals surface area contributed by atoms with Crippen LogP contribution >= 0.6 is 11.6 Å². The van der Waals surface area contributed by atoms with Gasteiger partial charge < -0.3 is 9.64 Å². The van der Waals surface area contributed by atoms with Crippen molar-refractivity contribution in [2.24, 2.45) is 5.92 Å². The first kappa shape index (κ1) is 30.2. The monoisotopic (exact) mass is 671 g/mol. The van der Waals surface area contributed by atoms with E-state index in [1.54, 1.807) is 18.5 Å². The SMILES string of the molecule is O=S1(=O)CCCCc2c(Cl)cc3[nH]ncc3c2-c2ncc3c(nc(OC[C@@]45CCCN4C[C@H](F)C5)nc3c2F)N2CCC[C@H](C2)C1. The molecule has 6 bridgehead atoms. The molecule has 9 rings (SSSR count). The number of piperidine rings is 1. The minimum atomic E-state index is -3.30. The Bertz CT molecular complexity index is 1940. The highest BCUT2D eigenvalue weighted by Gasteiger charge is 2.49. The molecule has 5 aliphatic rings. The molecule has 4 aromatic rings. The number of rotatable bonds is 3. The van der Waals surface area contributed by atoms with E-state index in [9.17, 15) is 12.8 Å². The molecule has 10 nitrogen and oxygen atoms in total. The number of nitrogens with zero attached hydrogens (tertiary/aromatic N) is 6. The lowest BCUT2D eigenvalue weighted by Crippen LogP contribution is -2.43. The van der Waals surface area contributed by atoms with Gasteiger partial charge >= 0.3 is 6.01 Å². The maximum Gasteiger partial charge on any atom is 0.319 e. The molecule has 244 valence electrons. The highest BCUT2D eigenvalue weighted by Crippen LogP contribution is 2.42. The molecule has 0 radical (unpaired) electrons. The second-order valence-corrected chi connectivity index (χ2v) is 16.1. The van der Waals surface area contributed by atoms with E-state index in [0.29, 0.717) is 83.6 Å². The number of aromatic amines is 1. The molecule has 0 amide bonds. The lowest BCUT2D eigenvalue weighted by Gasteiger charge is -2.34. The van der Waals surface area contributed by atoms with Gasteiger partial charge in [0, 0.05) is 48.2 Å². The second-order valence-electron chi connectivity index (χ2n) is 13.4. The lowest BCUT2D eigenvalue weighted by atomic mass is 9.95. The smallest absolute Gasteiger partial charge is 0.319 e. The van der Waals surface area contributed by atoms with E-state index < -0.39 is 27.4 Å². The fourth-order valence-electron chi connectivity index (χ4n) is 8.22. The molecule has 0 unspecified atom stereocenters.